The summed E-state index contributed by atoms with van der Waals surface area (Å²) in [6, 6.07) is 3.28. The molecule has 0 saturated carbocycles. The van der Waals surface area contributed by atoms with Crippen molar-refractivity contribution in [1.82, 2.24) is 0 Å². The van der Waals surface area contributed by atoms with Gasteiger partial charge in [-0.05, 0) is 26.0 Å². The molecule has 1 aromatic rings. The third-order valence-corrected chi connectivity index (χ3v) is 1.61. The van der Waals surface area contributed by atoms with Gasteiger partial charge in [-0.15, -0.1) is 0 Å². The minimum Gasteiger partial charge on any atom is -0.463 e. The standard InChI is InChI=1S/C10H14O4/c1-7(2)13-6-8-4-5-9(14-8)10(11)12-3/h4-5,7H,6H2,1-3H3. The number of hydrogen-bond donors (Lipinski definition) is 0. The van der Waals surface area contributed by atoms with Crippen molar-refractivity contribution in [2.45, 2.75) is 26.6 Å². The molecule has 0 radical (unpaired) electrons. The van der Waals surface area contributed by atoms with Gasteiger partial charge in [0.1, 0.15) is 12.4 Å². The third-order valence-electron chi connectivity index (χ3n) is 1.61. The Balaban J connectivity index is 2.55. The number of furan rings is 1. The molecule has 0 atom stereocenters. The van der Waals surface area contributed by atoms with E-state index in [2.05, 4.69) is 4.74 Å². The second-order valence-corrected chi connectivity index (χ2v) is 3.12. The van der Waals surface area contributed by atoms with Crippen LogP contribution in [0.2, 0.25) is 0 Å². The average Bonchev–Trinajstić information content (AvgIpc) is 2.62. The quantitative estimate of drug-likeness (QED) is 0.694. The van der Waals surface area contributed by atoms with Crippen molar-refractivity contribution in [3.05, 3.63) is 23.7 Å². The molecule has 0 bridgehead atoms. The van der Waals surface area contributed by atoms with E-state index in [0.29, 0.717) is 12.4 Å². The lowest BCUT2D eigenvalue weighted by Crippen LogP contribution is -2.01. The second kappa shape index (κ2) is 4.81. The van der Waals surface area contributed by atoms with Crippen LogP contribution >= 0.6 is 0 Å². The first kappa shape index (κ1) is 10.8. The topological polar surface area (TPSA) is 48.7 Å². The smallest absolute Gasteiger partial charge is 0.373 e. The molecule has 4 heteroatoms. The number of ether oxygens (including phenoxy) is 2. The summed E-state index contributed by atoms with van der Waals surface area (Å²) in [6.45, 7) is 4.24. The maximum Gasteiger partial charge on any atom is 0.373 e. The molecule has 0 aliphatic rings. The minimum atomic E-state index is -0.471. The van der Waals surface area contributed by atoms with Gasteiger partial charge in [0, 0.05) is 0 Å². The molecule has 1 heterocycles. The van der Waals surface area contributed by atoms with E-state index in [0.717, 1.165) is 0 Å². The fraction of sp³-hybridized carbons (Fsp3) is 0.500. The SMILES string of the molecule is COC(=O)c1ccc(COC(C)C)o1. The highest BCUT2D eigenvalue weighted by Gasteiger charge is 2.10. The Morgan fingerprint density at radius 1 is 1.50 bits per heavy atom. The monoisotopic (exact) mass is 198 g/mol. The van der Waals surface area contributed by atoms with Crippen molar-refractivity contribution in [1.29, 1.82) is 0 Å². The zero-order valence-corrected chi connectivity index (χ0v) is 8.57. The van der Waals surface area contributed by atoms with E-state index in [1.165, 1.54) is 7.11 Å². The van der Waals surface area contributed by atoms with Gasteiger partial charge in [-0.3, -0.25) is 0 Å². The van der Waals surface area contributed by atoms with E-state index < -0.39 is 5.97 Å². The van der Waals surface area contributed by atoms with Crippen LogP contribution in [0, 0.1) is 0 Å². The van der Waals surface area contributed by atoms with Gasteiger partial charge >= 0.3 is 5.97 Å². The van der Waals surface area contributed by atoms with E-state index in [4.69, 9.17) is 9.15 Å². The lowest BCUT2D eigenvalue weighted by atomic mass is 10.4. The summed E-state index contributed by atoms with van der Waals surface area (Å²) in [5, 5.41) is 0. The molecule has 14 heavy (non-hydrogen) atoms. The number of carbonyl (C=O) groups excluding carboxylic acids is 1. The molecule has 4 nitrogen and oxygen atoms in total. The maximum atomic E-state index is 11.0. The molecule has 1 aromatic heterocycles. The van der Waals surface area contributed by atoms with Crippen LogP contribution < -0.4 is 0 Å². The maximum absolute atomic E-state index is 11.0. The molecule has 0 fully saturated rings. The zero-order valence-electron chi connectivity index (χ0n) is 8.57. The van der Waals surface area contributed by atoms with E-state index in [1.807, 2.05) is 13.8 Å². The van der Waals surface area contributed by atoms with Gasteiger partial charge in [0.2, 0.25) is 5.76 Å². The summed E-state index contributed by atoms with van der Waals surface area (Å²) in [6.07, 6.45) is 0.140. The van der Waals surface area contributed by atoms with Crippen LogP contribution in [0.5, 0.6) is 0 Å². The molecule has 0 aromatic carbocycles. The Hall–Kier alpha value is -1.29. The first-order valence-corrected chi connectivity index (χ1v) is 4.42. The summed E-state index contributed by atoms with van der Waals surface area (Å²) < 4.78 is 15.0. The van der Waals surface area contributed by atoms with Crippen molar-refractivity contribution in [3.63, 3.8) is 0 Å². The minimum absolute atomic E-state index is 0.140. The summed E-state index contributed by atoms with van der Waals surface area (Å²) >= 11 is 0. The molecule has 0 amide bonds. The summed E-state index contributed by atoms with van der Waals surface area (Å²) in [5.41, 5.74) is 0. The lowest BCUT2D eigenvalue weighted by Gasteiger charge is -2.04. The van der Waals surface area contributed by atoms with Crippen LogP contribution in [-0.4, -0.2) is 19.2 Å². The third kappa shape index (κ3) is 2.88. The van der Waals surface area contributed by atoms with E-state index in [1.54, 1.807) is 12.1 Å². The molecular formula is C10H14O4. The van der Waals surface area contributed by atoms with Gasteiger partial charge in [-0.25, -0.2) is 4.79 Å². The van der Waals surface area contributed by atoms with Crippen molar-refractivity contribution >= 4 is 5.97 Å². The Morgan fingerprint density at radius 2 is 2.21 bits per heavy atom. The first-order chi connectivity index (χ1) is 6.63. The van der Waals surface area contributed by atoms with Gasteiger partial charge in [0.25, 0.3) is 0 Å². The number of carbonyl (C=O) groups is 1. The molecule has 0 saturated heterocycles. The van der Waals surface area contributed by atoms with Crippen molar-refractivity contribution in [2.75, 3.05) is 7.11 Å². The highest BCUT2D eigenvalue weighted by atomic mass is 16.5. The lowest BCUT2D eigenvalue weighted by molar-refractivity contribution is 0.0483. The number of hydrogen-bond acceptors (Lipinski definition) is 4. The van der Waals surface area contributed by atoms with Crippen molar-refractivity contribution < 1.29 is 18.7 Å². The normalized spacial score (nSPS) is 10.6. The fourth-order valence-corrected chi connectivity index (χ4v) is 0.915. The predicted octanol–water partition coefficient (Wildman–Crippen LogP) is 1.99. The van der Waals surface area contributed by atoms with E-state index in [-0.39, 0.29) is 11.9 Å². The highest BCUT2D eigenvalue weighted by Crippen LogP contribution is 2.10. The largest absolute Gasteiger partial charge is 0.463 e. The second-order valence-electron chi connectivity index (χ2n) is 3.12. The molecule has 0 aliphatic carbocycles. The fourth-order valence-electron chi connectivity index (χ4n) is 0.915. The van der Waals surface area contributed by atoms with Gasteiger partial charge < -0.3 is 13.9 Å². The van der Waals surface area contributed by atoms with E-state index >= 15 is 0 Å². The Bertz CT molecular complexity index is 301. The van der Waals surface area contributed by atoms with Crippen molar-refractivity contribution in [2.24, 2.45) is 0 Å². The van der Waals surface area contributed by atoms with E-state index in [9.17, 15) is 4.79 Å². The highest BCUT2D eigenvalue weighted by molar-refractivity contribution is 5.86. The van der Waals surface area contributed by atoms with Crippen LogP contribution in [0.4, 0.5) is 0 Å². The molecule has 0 N–H and O–H groups in total. The summed E-state index contributed by atoms with van der Waals surface area (Å²) in [4.78, 5) is 11.0. The van der Waals surface area contributed by atoms with Crippen LogP contribution in [0.1, 0.15) is 30.2 Å². The average molecular weight is 198 g/mol. The Morgan fingerprint density at radius 3 is 2.79 bits per heavy atom. The molecule has 78 valence electrons. The van der Waals surface area contributed by atoms with Gasteiger partial charge in [-0.1, -0.05) is 0 Å². The van der Waals surface area contributed by atoms with Crippen molar-refractivity contribution in [3.8, 4) is 0 Å². The van der Waals surface area contributed by atoms with Gasteiger partial charge in [-0.2, -0.15) is 0 Å². The van der Waals surface area contributed by atoms with Crippen LogP contribution in [0.3, 0.4) is 0 Å². The van der Waals surface area contributed by atoms with Crippen LogP contribution in [-0.2, 0) is 16.1 Å². The molecular weight excluding hydrogens is 184 g/mol. The molecule has 0 unspecified atom stereocenters. The Kier molecular flexibility index (Phi) is 3.71. The summed E-state index contributed by atoms with van der Waals surface area (Å²) in [7, 11) is 1.31. The van der Waals surface area contributed by atoms with Gasteiger partial charge in [0.15, 0.2) is 0 Å². The van der Waals surface area contributed by atoms with Crippen LogP contribution in [0.25, 0.3) is 0 Å². The van der Waals surface area contributed by atoms with Crippen LogP contribution in [0.15, 0.2) is 16.5 Å². The first-order valence-electron chi connectivity index (χ1n) is 4.42. The number of esters is 1. The number of methoxy groups -OCH3 is 1. The molecule has 1 rings (SSSR count). The predicted molar refractivity (Wildman–Crippen MR) is 50.0 cm³/mol. The Labute approximate surface area is 82.8 Å². The van der Waals surface area contributed by atoms with Gasteiger partial charge in [0.05, 0.1) is 13.2 Å². The zero-order chi connectivity index (χ0) is 10.6. The summed E-state index contributed by atoms with van der Waals surface area (Å²) in [5.74, 6) is 0.356. The molecule has 0 aliphatic heterocycles. The molecule has 0 spiro atoms. The number of rotatable bonds is 4.